The van der Waals surface area contributed by atoms with Crippen LogP contribution in [0.4, 0.5) is 11.4 Å². The monoisotopic (exact) mass is 348 g/mol. The topological polar surface area (TPSA) is 47.3 Å². The van der Waals surface area contributed by atoms with E-state index in [1.807, 2.05) is 18.2 Å². The molecule has 0 spiro atoms. The minimum Gasteiger partial charge on any atom is -0.399 e. The third-order valence-corrected chi connectivity index (χ3v) is 3.63. The molecule has 3 N–H and O–H groups in total. The zero-order valence-electron chi connectivity index (χ0n) is 10.7. The largest absolute Gasteiger partial charge is 0.399 e. The van der Waals surface area contributed by atoms with Crippen molar-refractivity contribution < 1.29 is 4.74 Å². The van der Waals surface area contributed by atoms with Crippen LogP contribution in [0.3, 0.4) is 0 Å². The maximum absolute atomic E-state index is 5.73. The lowest BCUT2D eigenvalue weighted by Gasteiger charge is -2.25. The van der Waals surface area contributed by atoms with Gasteiger partial charge in [0.2, 0.25) is 0 Å². The number of nitrogen functional groups attached to an aromatic ring is 1. The fraction of sp³-hybridized carbons (Fsp3) is 0.538. The minimum atomic E-state index is 0.223. The number of halogens is 1. The molecular weight excluding hydrogens is 327 g/mol. The molecular formula is C13H21IN2O. The maximum Gasteiger partial charge on any atom is 0.0477 e. The lowest BCUT2D eigenvalue weighted by atomic mass is 9.89. The zero-order valence-corrected chi connectivity index (χ0v) is 12.9. The van der Waals surface area contributed by atoms with Gasteiger partial charge in [-0.2, -0.15) is 0 Å². The second kappa shape index (κ2) is 6.44. The van der Waals surface area contributed by atoms with Crippen LogP contribution in [0.25, 0.3) is 0 Å². The first-order valence-corrected chi connectivity index (χ1v) is 6.80. The molecule has 1 aromatic rings. The Morgan fingerprint density at radius 3 is 2.71 bits per heavy atom. The fourth-order valence-corrected chi connectivity index (χ4v) is 2.21. The maximum atomic E-state index is 5.73. The molecule has 0 aliphatic rings. The Kier molecular flexibility index (Phi) is 5.52. The Bertz CT molecular complexity index is 366. The van der Waals surface area contributed by atoms with Crippen molar-refractivity contribution in [1.82, 2.24) is 0 Å². The minimum absolute atomic E-state index is 0.223. The number of anilines is 2. The first-order valence-electron chi connectivity index (χ1n) is 5.72. The standard InChI is InChI=1S/C13H21IN2O/c1-13(2,6-7-17-3)9-16-12-5-4-10(15)8-11(12)14/h4-5,8,16H,6-7,9,15H2,1-3H3. The molecule has 0 aliphatic carbocycles. The Morgan fingerprint density at radius 2 is 2.12 bits per heavy atom. The molecule has 0 aromatic heterocycles. The summed E-state index contributed by atoms with van der Waals surface area (Å²) in [5.41, 5.74) is 7.90. The van der Waals surface area contributed by atoms with Crippen LogP contribution in [0.5, 0.6) is 0 Å². The van der Waals surface area contributed by atoms with Crippen molar-refractivity contribution in [2.45, 2.75) is 20.3 Å². The smallest absolute Gasteiger partial charge is 0.0477 e. The van der Waals surface area contributed by atoms with Crippen LogP contribution in [0.1, 0.15) is 20.3 Å². The second-order valence-corrected chi connectivity index (χ2v) is 6.16. The molecule has 0 aliphatic heterocycles. The second-order valence-electron chi connectivity index (χ2n) is 5.00. The van der Waals surface area contributed by atoms with Crippen LogP contribution in [-0.2, 0) is 4.74 Å². The number of rotatable bonds is 6. The van der Waals surface area contributed by atoms with Gasteiger partial charge in [-0.05, 0) is 52.6 Å². The molecule has 0 heterocycles. The molecule has 0 fully saturated rings. The van der Waals surface area contributed by atoms with Gasteiger partial charge in [0.25, 0.3) is 0 Å². The number of benzene rings is 1. The molecule has 17 heavy (non-hydrogen) atoms. The van der Waals surface area contributed by atoms with Gasteiger partial charge in [0.05, 0.1) is 0 Å². The molecule has 1 rings (SSSR count). The first kappa shape index (κ1) is 14.6. The fourth-order valence-electron chi connectivity index (χ4n) is 1.48. The predicted molar refractivity (Wildman–Crippen MR) is 82.3 cm³/mol. The van der Waals surface area contributed by atoms with Crippen LogP contribution in [0, 0.1) is 8.99 Å². The molecule has 0 saturated carbocycles. The van der Waals surface area contributed by atoms with Crippen LogP contribution in [-0.4, -0.2) is 20.3 Å². The van der Waals surface area contributed by atoms with Gasteiger partial charge in [-0.25, -0.2) is 0 Å². The highest BCUT2D eigenvalue weighted by atomic mass is 127. The molecule has 4 heteroatoms. The number of nitrogens with two attached hydrogens (primary N) is 1. The molecule has 1 aromatic carbocycles. The van der Waals surface area contributed by atoms with E-state index in [1.54, 1.807) is 7.11 Å². The van der Waals surface area contributed by atoms with Gasteiger partial charge < -0.3 is 15.8 Å². The average Bonchev–Trinajstić information content (AvgIpc) is 2.25. The van der Waals surface area contributed by atoms with Gasteiger partial charge in [-0.3, -0.25) is 0 Å². The third kappa shape index (κ3) is 5.12. The SMILES string of the molecule is COCCC(C)(C)CNc1ccc(N)cc1I. The highest BCUT2D eigenvalue weighted by Gasteiger charge is 2.17. The van der Waals surface area contributed by atoms with Crippen molar-refractivity contribution in [3.05, 3.63) is 21.8 Å². The van der Waals surface area contributed by atoms with E-state index in [4.69, 9.17) is 10.5 Å². The average molecular weight is 348 g/mol. The van der Waals surface area contributed by atoms with Crippen molar-refractivity contribution in [3.63, 3.8) is 0 Å². The number of hydrogen-bond donors (Lipinski definition) is 2. The van der Waals surface area contributed by atoms with E-state index in [9.17, 15) is 0 Å². The van der Waals surface area contributed by atoms with E-state index in [0.29, 0.717) is 0 Å². The molecule has 0 unspecified atom stereocenters. The Balaban J connectivity index is 2.54. The Hall–Kier alpha value is -0.490. The third-order valence-electron chi connectivity index (χ3n) is 2.73. The van der Waals surface area contributed by atoms with Crippen LogP contribution in [0.15, 0.2) is 18.2 Å². The molecule has 96 valence electrons. The summed E-state index contributed by atoms with van der Waals surface area (Å²) in [5.74, 6) is 0. The number of ether oxygens (including phenoxy) is 1. The lowest BCUT2D eigenvalue weighted by molar-refractivity contribution is 0.157. The highest BCUT2D eigenvalue weighted by molar-refractivity contribution is 14.1. The normalized spacial score (nSPS) is 11.5. The molecule has 3 nitrogen and oxygen atoms in total. The van der Waals surface area contributed by atoms with Gasteiger partial charge in [-0.15, -0.1) is 0 Å². The molecule has 0 atom stereocenters. The van der Waals surface area contributed by atoms with E-state index >= 15 is 0 Å². The van der Waals surface area contributed by atoms with Crippen molar-refractivity contribution in [3.8, 4) is 0 Å². The number of methoxy groups -OCH3 is 1. The molecule has 0 radical (unpaired) electrons. The molecule has 0 saturated heterocycles. The summed E-state index contributed by atoms with van der Waals surface area (Å²) in [6.45, 7) is 6.20. The van der Waals surface area contributed by atoms with Gasteiger partial charge in [0.1, 0.15) is 0 Å². The number of hydrogen-bond acceptors (Lipinski definition) is 3. The summed E-state index contributed by atoms with van der Waals surface area (Å²) < 4.78 is 6.28. The lowest BCUT2D eigenvalue weighted by Crippen LogP contribution is -2.24. The van der Waals surface area contributed by atoms with E-state index in [-0.39, 0.29) is 5.41 Å². The quantitative estimate of drug-likeness (QED) is 0.612. The van der Waals surface area contributed by atoms with Crippen molar-refractivity contribution in [1.29, 1.82) is 0 Å². The van der Waals surface area contributed by atoms with Gasteiger partial charge in [0, 0.05) is 35.2 Å². The van der Waals surface area contributed by atoms with Gasteiger partial charge >= 0.3 is 0 Å². The first-order chi connectivity index (χ1) is 7.94. The summed E-state index contributed by atoms with van der Waals surface area (Å²) in [6, 6.07) is 5.93. The summed E-state index contributed by atoms with van der Waals surface area (Å²) in [4.78, 5) is 0. The predicted octanol–water partition coefficient (Wildman–Crippen LogP) is 3.35. The molecule has 0 bridgehead atoms. The van der Waals surface area contributed by atoms with Crippen LogP contribution < -0.4 is 11.1 Å². The van der Waals surface area contributed by atoms with Gasteiger partial charge in [-0.1, -0.05) is 13.8 Å². The summed E-state index contributed by atoms with van der Waals surface area (Å²) in [5, 5.41) is 3.47. The summed E-state index contributed by atoms with van der Waals surface area (Å²) in [6.07, 6.45) is 1.04. The van der Waals surface area contributed by atoms with E-state index in [2.05, 4.69) is 41.8 Å². The van der Waals surface area contributed by atoms with E-state index in [1.165, 1.54) is 0 Å². The Morgan fingerprint density at radius 1 is 1.41 bits per heavy atom. The summed E-state index contributed by atoms with van der Waals surface area (Å²) >= 11 is 2.30. The Labute approximate surface area is 117 Å². The van der Waals surface area contributed by atoms with Crippen LogP contribution in [0.2, 0.25) is 0 Å². The van der Waals surface area contributed by atoms with Crippen molar-refractivity contribution >= 4 is 34.0 Å². The van der Waals surface area contributed by atoms with Crippen molar-refractivity contribution in [2.24, 2.45) is 5.41 Å². The summed E-state index contributed by atoms with van der Waals surface area (Å²) in [7, 11) is 1.74. The van der Waals surface area contributed by atoms with E-state index in [0.717, 1.165) is 34.5 Å². The zero-order chi connectivity index (χ0) is 12.9. The molecule has 0 amide bonds. The van der Waals surface area contributed by atoms with Crippen LogP contribution >= 0.6 is 22.6 Å². The van der Waals surface area contributed by atoms with Gasteiger partial charge in [0.15, 0.2) is 0 Å². The highest BCUT2D eigenvalue weighted by Crippen LogP contribution is 2.25. The number of nitrogens with one attached hydrogen (secondary N) is 1. The van der Waals surface area contributed by atoms with Crippen molar-refractivity contribution in [2.75, 3.05) is 31.3 Å². The van der Waals surface area contributed by atoms with E-state index < -0.39 is 0 Å².